The number of amides is 1. The van der Waals surface area contributed by atoms with Crippen molar-refractivity contribution in [1.29, 1.82) is 0 Å². The summed E-state index contributed by atoms with van der Waals surface area (Å²) in [5.41, 5.74) is 2.23. The second kappa shape index (κ2) is 8.24. The number of carbonyl (C=O) groups is 5. The first kappa shape index (κ1) is 25.6. The predicted octanol–water partition coefficient (Wildman–Crippen LogP) is -0.352. The molecule has 6 atom stereocenters. The molecular formula is C26H30FN3O7. The topological polar surface area (TPSA) is 167 Å². The first-order valence-corrected chi connectivity index (χ1v) is 12.4. The number of fused-ring (bicyclic) bond motifs is 3. The molecular weight excluding hydrogens is 485 g/mol. The lowest BCUT2D eigenvalue weighted by molar-refractivity contribution is -0.181. The van der Waals surface area contributed by atoms with Crippen LogP contribution in [-0.4, -0.2) is 75.4 Å². The van der Waals surface area contributed by atoms with Crippen LogP contribution >= 0.6 is 0 Å². The molecule has 5 rings (SSSR count). The zero-order chi connectivity index (χ0) is 27.2. The summed E-state index contributed by atoms with van der Waals surface area (Å²) >= 11 is 0. The summed E-state index contributed by atoms with van der Waals surface area (Å²) in [5, 5.41) is 25.5. The third-order valence-electron chi connectivity index (χ3n) is 8.78. The average Bonchev–Trinajstić information content (AvgIpc) is 3.54. The van der Waals surface area contributed by atoms with E-state index in [2.05, 4.69) is 5.32 Å². The van der Waals surface area contributed by atoms with Gasteiger partial charge in [-0.2, -0.15) is 0 Å². The number of phenolic OH excluding ortho intramolecular Hbond substituents is 1. The van der Waals surface area contributed by atoms with Crippen molar-refractivity contribution in [3.63, 3.8) is 0 Å². The highest BCUT2D eigenvalue weighted by molar-refractivity contribution is 6.32. The van der Waals surface area contributed by atoms with Gasteiger partial charge in [-0.25, -0.2) is 4.39 Å². The summed E-state index contributed by atoms with van der Waals surface area (Å²) in [6.07, 6.45) is 1.67. The standard InChI is InChI=1S/C26H30FN3O7/c1-25(4-5-25)29-9-11-8-14(31)16-12(18(11)27)6-10-7-13-19(30(2)3)21(33)17(24(28)36)23(35)26(13,37)22(34)15(10)20(16)32/h8,10,13,15,17,19,29,31,37H,4-7,9H2,1-3H3,(H2,28,36)/t10-,13-,15?,17?,19-,26-/m0/s1. The minimum Gasteiger partial charge on any atom is -0.507 e. The SMILES string of the molecule is CN(C)[C@@H]1C(=O)C(C(N)=O)C(=O)[C@@]2(O)C(=O)C3C(=O)c4c(O)cc(CNC5(C)CC5)c(F)c4C[C@H]3C[C@@H]12. The van der Waals surface area contributed by atoms with Crippen LogP contribution in [0.3, 0.4) is 0 Å². The highest BCUT2D eigenvalue weighted by atomic mass is 19.1. The lowest BCUT2D eigenvalue weighted by atomic mass is 9.52. The second-order valence-electron chi connectivity index (χ2n) is 11.4. The Morgan fingerprint density at radius 1 is 1.22 bits per heavy atom. The van der Waals surface area contributed by atoms with Gasteiger partial charge in [0, 0.05) is 29.1 Å². The van der Waals surface area contributed by atoms with Crippen molar-refractivity contribution in [2.45, 2.75) is 56.3 Å². The van der Waals surface area contributed by atoms with E-state index < -0.39 is 75.9 Å². The number of Topliss-reactive ketones (excluding diaryl/α,β-unsaturated/α-hetero) is 4. The van der Waals surface area contributed by atoms with E-state index in [4.69, 9.17) is 5.73 Å². The Morgan fingerprint density at radius 2 is 1.86 bits per heavy atom. The molecule has 5 N–H and O–H groups in total. The molecule has 1 aromatic rings. The molecule has 10 nitrogen and oxygen atoms in total. The largest absolute Gasteiger partial charge is 0.507 e. The van der Waals surface area contributed by atoms with Crippen molar-refractivity contribution in [2.75, 3.05) is 14.1 Å². The zero-order valence-electron chi connectivity index (χ0n) is 20.8. The molecule has 198 valence electrons. The average molecular weight is 516 g/mol. The van der Waals surface area contributed by atoms with E-state index in [0.717, 1.165) is 18.9 Å². The quantitative estimate of drug-likeness (QED) is 0.383. The number of halogens is 1. The van der Waals surface area contributed by atoms with Gasteiger partial charge in [0.1, 0.15) is 11.6 Å². The van der Waals surface area contributed by atoms with Gasteiger partial charge >= 0.3 is 0 Å². The van der Waals surface area contributed by atoms with Gasteiger partial charge in [-0.15, -0.1) is 0 Å². The monoisotopic (exact) mass is 515 g/mol. The van der Waals surface area contributed by atoms with E-state index in [1.54, 1.807) is 0 Å². The van der Waals surface area contributed by atoms with Crippen LogP contribution in [0, 0.1) is 29.5 Å². The van der Waals surface area contributed by atoms with Crippen molar-refractivity contribution in [3.05, 3.63) is 28.6 Å². The fraction of sp³-hybridized carbons (Fsp3) is 0.577. The zero-order valence-corrected chi connectivity index (χ0v) is 20.8. The van der Waals surface area contributed by atoms with Gasteiger partial charge in [-0.1, -0.05) is 0 Å². The van der Waals surface area contributed by atoms with Gasteiger partial charge in [0.05, 0.1) is 17.5 Å². The first-order valence-electron chi connectivity index (χ1n) is 12.4. The Kier molecular flexibility index (Phi) is 5.71. The molecule has 0 spiro atoms. The number of benzene rings is 1. The number of likely N-dealkylation sites (N-methyl/N-ethyl adjacent to an activating group) is 1. The molecule has 0 bridgehead atoms. The molecule has 0 aromatic heterocycles. The molecule has 4 aliphatic carbocycles. The molecule has 4 aliphatic rings. The Morgan fingerprint density at radius 3 is 2.43 bits per heavy atom. The normalized spacial score (nSPS) is 34.2. The number of nitrogens with two attached hydrogens (primary N) is 1. The number of primary amides is 1. The number of carbonyl (C=O) groups excluding carboxylic acids is 5. The van der Waals surface area contributed by atoms with Crippen LogP contribution in [-0.2, 0) is 32.1 Å². The number of rotatable bonds is 5. The van der Waals surface area contributed by atoms with Crippen LogP contribution in [0.15, 0.2) is 6.07 Å². The van der Waals surface area contributed by atoms with Crippen molar-refractivity contribution < 1.29 is 38.6 Å². The van der Waals surface area contributed by atoms with Gasteiger partial charge in [0.25, 0.3) is 0 Å². The van der Waals surface area contributed by atoms with E-state index in [9.17, 15) is 34.2 Å². The Labute approximate surface area is 212 Å². The van der Waals surface area contributed by atoms with Gasteiger partial charge in [0.15, 0.2) is 34.7 Å². The Bertz CT molecular complexity index is 1270. The van der Waals surface area contributed by atoms with Crippen LogP contribution in [0.5, 0.6) is 5.75 Å². The molecule has 0 radical (unpaired) electrons. The van der Waals surface area contributed by atoms with E-state index in [0.29, 0.717) is 0 Å². The smallest absolute Gasteiger partial charge is 0.235 e. The summed E-state index contributed by atoms with van der Waals surface area (Å²) in [6, 6.07) is -0.0411. The molecule has 3 fully saturated rings. The molecule has 37 heavy (non-hydrogen) atoms. The van der Waals surface area contributed by atoms with Crippen LogP contribution < -0.4 is 11.1 Å². The van der Waals surface area contributed by atoms with Gasteiger partial charge in [-0.05, 0) is 58.7 Å². The molecule has 1 amide bonds. The fourth-order valence-corrected chi connectivity index (χ4v) is 6.51. The van der Waals surface area contributed by atoms with Gasteiger partial charge in [0.2, 0.25) is 5.91 Å². The van der Waals surface area contributed by atoms with Crippen molar-refractivity contribution in [2.24, 2.45) is 29.4 Å². The molecule has 0 aliphatic heterocycles. The number of ketones is 4. The Hall–Kier alpha value is -3.02. The number of hydrogen-bond acceptors (Lipinski definition) is 9. The molecule has 3 saturated carbocycles. The van der Waals surface area contributed by atoms with E-state index in [-0.39, 0.29) is 41.6 Å². The van der Waals surface area contributed by atoms with Crippen molar-refractivity contribution >= 4 is 29.0 Å². The lowest BCUT2D eigenvalue weighted by Gasteiger charge is -2.52. The highest BCUT2D eigenvalue weighted by Crippen LogP contribution is 2.51. The summed E-state index contributed by atoms with van der Waals surface area (Å²) in [5.74, 6) is -12.3. The number of nitrogens with zero attached hydrogens (tertiary/aromatic N) is 1. The minimum absolute atomic E-state index is 0.0212. The third-order valence-corrected chi connectivity index (χ3v) is 8.78. The predicted molar refractivity (Wildman–Crippen MR) is 126 cm³/mol. The maximum Gasteiger partial charge on any atom is 0.235 e. The number of aromatic hydroxyl groups is 1. The van der Waals surface area contributed by atoms with Crippen LogP contribution in [0.2, 0.25) is 0 Å². The molecule has 0 saturated heterocycles. The summed E-state index contributed by atoms with van der Waals surface area (Å²) in [7, 11) is 3.01. The molecule has 0 heterocycles. The van der Waals surface area contributed by atoms with Crippen LogP contribution in [0.25, 0.3) is 0 Å². The molecule has 1 aromatic carbocycles. The maximum atomic E-state index is 15.6. The third kappa shape index (κ3) is 3.58. The van der Waals surface area contributed by atoms with Crippen LogP contribution in [0.1, 0.15) is 47.7 Å². The highest BCUT2D eigenvalue weighted by Gasteiger charge is 2.69. The minimum atomic E-state index is -2.80. The summed E-state index contributed by atoms with van der Waals surface area (Å²) < 4.78 is 15.6. The van der Waals surface area contributed by atoms with Crippen molar-refractivity contribution in [3.8, 4) is 5.75 Å². The number of phenols is 1. The number of aliphatic hydroxyl groups is 1. The van der Waals surface area contributed by atoms with Crippen molar-refractivity contribution in [1.82, 2.24) is 10.2 Å². The van der Waals surface area contributed by atoms with Gasteiger partial charge in [-0.3, -0.25) is 28.9 Å². The van der Waals surface area contributed by atoms with E-state index >= 15 is 4.39 Å². The summed E-state index contributed by atoms with van der Waals surface area (Å²) in [4.78, 5) is 67.0. The summed E-state index contributed by atoms with van der Waals surface area (Å²) in [6.45, 7) is 2.15. The maximum absolute atomic E-state index is 15.6. The fourth-order valence-electron chi connectivity index (χ4n) is 6.51. The second-order valence-corrected chi connectivity index (χ2v) is 11.4. The Balaban J connectivity index is 1.57. The first-order chi connectivity index (χ1) is 17.2. The number of nitrogens with one attached hydrogen (secondary N) is 1. The molecule has 2 unspecified atom stereocenters. The van der Waals surface area contributed by atoms with Crippen LogP contribution in [0.4, 0.5) is 4.39 Å². The molecule has 11 heteroatoms. The van der Waals surface area contributed by atoms with E-state index in [1.807, 2.05) is 6.92 Å². The van der Waals surface area contributed by atoms with Gasteiger partial charge < -0.3 is 21.3 Å². The van der Waals surface area contributed by atoms with E-state index in [1.165, 1.54) is 19.0 Å². The lowest BCUT2D eigenvalue weighted by Crippen LogP contribution is -2.74. The number of hydrogen-bond donors (Lipinski definition) is 4.